The third-order valence-electron chi connectivity index (χ3n) is 5.79. The topological polar surface area (TPSA) is 0 Å². The summed E-state index contributed by atoms with van der Waals surface area (Å²) in [5, 5.41) is 0. The Morgan fingerprint density at radius 3 is 1.21 bits per heavy atom. The molecule has 156 valence electrons. The van der Waals surface area contributed by atoms with Crippen LogP contribution in [-0.2, 0) is 0 Å². The van der Waals surface area contributed by atoms with Crippen LogP contribution in [0.15, 0.2) is 60.7 Å². The average Bonchev–Trinajstić information content (AvgIpc) is 2.73. The van der Waals surface area contributed by atoms with Gasteiger partial charge in [0.2, 0.25) is 0 Å². The minimum Gasteiger partial charge on any atom is -1.00 e. The molecular formula is C26H40ClN. The second-order valence-electron chi connectivity index (χ2n) is 7.91. The van der Waals surface area contributed by atoms with Gasteiger partial charge in [0.15, 0.2) is 0 Å². The van der Waals surface area contributed by atoms with Crippen LogP contribution in [0.2, 0.25) is 0 Å². The van der Waals surface area contributed by atoms with Gasteiger partial charge in [-0.1, -0.05) is 88.8 Å². The fourth-order valence-electron chi connectivity index (χ4n) is 4.17. The number of unbranched alkanes of at least 4 members (excludes halogenated alkanes) is 8. The lowest BCUT2D eigenvalue weighted by Gasteiger charge is -2.38. The summed E-state index contributed by atoms with van der Waals surface area (Å²) in [5.41, 5.74) is 2.91. The highest BCUT2D eigenvalue weighted by Crippen LogP contribution is 2.36. The lowest BCUT2D eigenvalue weighted by Crippen LogP contribution is -3.00. The van der Waals surface area contributed by atoms with E-state index in [0.29, 0.717) is 0 Å². The van der Waals surface area contributed by atoms with Crippen LogP contribution < -0.4 is 16.9 Å². The van der Waals surface area contributed by atoms with Gasteiger partial charge in [0, 0.05) is 0 Å². The number of nitrogens with zero attached hydrogens (tertiary/aromatic N) is 1. The maximum atomic E-state index is 2.34. The Kier molecular flexibility index (Phi) is 12.9. The van der Waals surface area contributed by atoms with Crippen LogP contribution in [-0.4, -0.2) is 13.1 Å². The molecule has 28 heavy (non-hydrogen) atoms. The van der Waals surface area contributed by atoms with Gasteiger partial charge in [-0.25, -0.2) is 0 Å². The van der Waals surface area contributed by atoms with Crippen LogP contribution >= 0.6 is 0 Å². The smallest absolute Gasteiger partial charge is 0.137 e. The molecule has 0 fully saturated rings. The van der Waals surface area contributed by atoms with E-state index < -0.39 is 0 Å². The zero-order valence-electron chi connectivity index (χ0n) is 18.1. The summed E-state index contributed by atoms with van der Waals surface area (Å²) in [6.07, 6.45) is 13.4. The highest BCUT2D eigenvalue weighted by atomic mass is 35.5. The summed E-state index contributed by atoms with van der Waals surface area (Å²) >= 11 is 0. The molecule has 0 amide bonds. The van der Waals surface area contributed by atoms with E-state index in [4.69, 9.17) is 0 Å². The molecule has 0 aliphatic rings. The highest BCUT2D eigenvalue weighted by Gasteiger charge is 2.32. The molecule has 0 N–H and O–H groups in total. The van der Waals surface area contributed by atoms with Crippen molar-refractivity contribution < 1.29 is 12.4 Å². The lowest BCUT2D eigenvalue weighted by molar-refractivity contribution is -0.00000570. The van der Waals surface area contributed by atoms with Crippen molar-refractivity contribution in [1.82, 2.24) is 4.48 Å². The van der Waals surface area contributed by atoms with Crippen LogP contribution in [0.4, 0.5) is 11.4 Å². The van der Waals surface area contributed by atoms with E-state index in [1.807, 2.05) is 0 Å². The molecule has 2 aromatic rings. The first-order chi connectivity index (χ1) is 13.3. The van der Waals surface area contributed by atoms with E-state index >= 15 is 0 Å². The minimum absolute atomic E-state index is 0. The third-order valence-corrected chi connectivity index (χ3v) is 5.79. The number of quaternary nitrogens is 1. The van der Waals surface area contributed by atoms with Gasteiger partial charge in [-0.05, 0) is 49.9 Å². The molecule has 0 aliphatic heterocycles. The van der Waals surface area contributed by atoms with E-state index in [2.05, 4.69) is 74.5 Å². The maximum Gasteiger partial charge on any atom is 0.137 e. The Morgan fingerprint density at radius 2 is 0.857 bits per heavy atom. The van der Waals surface area contributed by atoms with E-state index in [1.165, 1.54) is 88.7 Å². The van der Waals surface area contributed by atoms with Gasteiger partial charge in [0.05, 0.1) is 13.1 Å². The van der Waals surface area contributed by atoms with Gasteiger partial charge in [0.25, 0.3) is 0 Å². The molecule has 0 heterocycles. The van der Waals surface area contributed by atoms with Gasteiger partial charge in [0.1, 0.15) is 11.4 Å². The molecule has 2 rings (SSSR count). The molecule has 0 saturated carbocycles. The number of rotatable bonds is 14. The molecule has 0 aromatic heterocycles. The van der Waals surface area contributed by atoms with Crippen LogP contribution in [0, 0.1) is 0 Å². The first kappa shape index (κ1) is 24.7. The molecular weight excluding hydrogens is 362 g/mol. The molecule has 2 heteroatoms. The molecule has 0 radical (unpaired) electrons. The summed E-state index contributed by atoms with van der Waals surface area (Å²) in [5.74, 6) is 0. The summed E-state index contributed by atoms with van der Waals surface area (Å²) in [6.45, 7) is 7.02. The van der Waals surface area contributed by atoms with Crippen LogP contribution in [0.5, 0.6) is 0 Å². The fraction of sp³-hybridized carbons (Fsp3) is 0.538. The number of benzene rings is 2. The van der Waals surface area contributed by atoms with Crippen LogP contribution in [0.3, 0.4) is 0 Å². The second-order valence-corrected chi connectivity index (χ2v) is 7.91. The monoisotopic (exact) mass is 401 g/mol. The van der Waals surface area contributed by atoms with Gasteiger partial charge in [-0.15, -0.1) is 0 Å². The van der Waals surface area contributed by atoms with E-state index in [1.54, 1.807) is 0 Å². The number of para-hydroxylation sites is 2. The van der Waals surface area contributed by atoms with Crippen molar-refractivity contribution in [2.24, 2.45) is 0 Å². The minimum atomic E-state index is 0. The summed E-state index contributed by atoms with van der Waals surface area (Å²) in [4.78, 5) is 0. The second kappa shape index (κ2) is 14.7. The van der Waals surface area contributed by atoms with E-state index in [0.717, 1.165) is 4.48 Å². The molecule has 0 spiro atoms. The average molecular weight is 402 g/mol. The van der Waals surface area contributed by atoms with Crippen molar-refractivity contribution in [3.05, 3.63) is 60.7 Å². The summed E-state index contributed by atoms with van der Waals surface area (Å²) in [6, 6.07) is 22.5. The lowest BCUT2D eigenvalue weighted by atomic mass is 10.1. The summed E-state index contributed by atoms with van der Waals surface area (Å²) in [7, 11) is 0. The number of halogens is 1. The van der Waals surface area contributed by atoms with Gasteiger partial charge in [-0.2, -0.15) is 0 Å². The molecule has 0 aliphatic carbocycles. The maximum absolute atomic E-state index is 2.34. The van der Waals surface area contributed by atoms with Crippen molar-refractivity contribution in [1.29, 1.82) is 0 Å². The first-order valence-corrected chi connectivity index (χ1v) is 11.3. The Balaban J connectivity index is 0.00000392. The molecule has 0 unspecified atom stereocenters. The normalized spacial score (nSPS) is 11.2. The predicted molar refractivity (Wildman–Crippen MR) is 122 cm³/mol. The Morgan fingerprint density at radius 1 is 0.500 bits per heavy atom. The van der Waals surface area contributed by atoms with Crippen molar-refractivity contribution in [3.8, 4) is 0 Å². The molecule has 0 bridgehead atoms. The highest BCUT2D eigenvalue weighted by molar-refractivity contribution is 5.58. The third kappa shape index (κ3) is 7.60. The molecule has 0 saturated heterocycles. The molecule has 1 nitrogen and oxygen atoms in total. The summed E-state index contributed by atoms with van der Waals surface area (Å²) < 4.78 is 1.01. The van der Waals surface area contributed by atoms with E-state index in [9.17, 15) is 0 Å². The number of hydrogen-bond donors (Lipinski definition) is 0. The van der Waals surface area contributed by atoms with E-state index in [-0.39, 0.29) is 12.4 Å². The predicted octanol–water partition coefficient (Wildman–Crippen LogP) is 5.27. The van der Waals surface area contributed by atoms with Crippen LogP contribution in [0.25, 0.3) is 0 Å². The quantitative estimate of drug-likeness (QED) is 0.299. The SMILES string of the molecule is CCCCCCC[N+](CCCCCCC)(c1ccccc1)c1ccccc1.[Cl-]. The Labute approximate surface area is 180 Å². The van der Waals surface area contributed by atoms with Gasteiger partial charge >= 0.3 is 0 Å². The van der Waals surface area contributed by atoms with Gasteiger partial charge < -0.3 is 12.4 Å². The Hall–Kier alpha value is -1.31. The fourth-order valence-corrected chi connectivity index (χ4v) is 4.17. The Bertz CT molecular complexity index is 541. The molecule has 0 atom stereocenters. The largest absolute Gasteiger partial charge is 1.00 e. The van der Waals surface area contributed by atoms with Crippen LogP contribution in [0.1, 0.15) is 78.1 Å². The number of hydrogen-bond acceptors (Lipinski definition) is 0. The van der Waals surface area contributed by atoms with Crippen molar-refractivity contribution in [2.45, 2.75) is 78.1 Å². The first-order valence-electron chi connectivity index (χ1n) is 11.3. The standard InChI is InChI=1S/C26H40N.ClH/c1-3-5-7-9-17-23-27(24-18-10-8-6-4-2,25-19-13-11-14-20-25)26-21-15-12-16-22-26;/h11-16,19-22H,3-10,17-18,23-24H2,1-2H3;1H/q+1;/p-1. The zero-order chi connectivity index (χ0) is 19.2. The van der Waals surface area contributed by atoms with Crippen molar-refractivity contribution >= 4 is 11.4 Å². The zero-order valence-corrected chi connectivity index (χ0v) is 18.8. The van der Waals surface area contributed by atoms with Crippen molar-refractivity contribution in [2.75, 3.05) is 13.1 Å². The molecule has 2 aromatic carbocycles. The van der Waals surface area contributed by atoms with Gasteiger partial charge in [-0.3, -0.25) is 4.48 Å². The van der Waals surface area contributed by atoms with Crippen molar-refractivity contribution in [3.63, 3.8) is 0 Å².